The van der Waals surface area contributed by atoms with Crippen LogP contribution in [-0.2, 0) is 4.79 Å². The highest BCUT2D eigenvalue weighted by Crippen LogP contribution is 2.31. The normalized spacial score (nSPS) is 12.1. The van der Waals surface area contributed by atoms with Crippen LogP contribution in [0.25, 0.3) is 21.3 Å². The molecule has 0 aliphatic heterocycles. The predicted molar refractivity (Wildman–Crippen MR) is 127 cm³/mol. The quantitative estimate of drug-likeness (QED) is 0.369. The number of rotatable bonds is 4. The van der Waals surface area contributed by atoms with Crippen molar-refractivity contribution in [3.05, 3.63) is 79.6 Å². The summed E-state index contributed by atoms with van der Waals surface area (Å²) in [6, 6.07) is 12.3. The van der Waals surface area contributed by atoms with Crippen LogP contribution < -0.4 is 10.9 Å². The van der Waals surface area contributed by atoms with E-state index in [2.05, 4.69) is 26.2 Å². The Kier molecular flexibility index (Phi) is 5.77. The lowest BCUT2D eigenvalue weighted by atomic mass is 10.1. The number of hydrogen-bond donors (Lipinski definition) is 1. The molecule has 4 rings (SSSR count). The first kappa shape index (κ1) is 20.8. The van der Waals surface area contributed by atoms with Gasteiger partial charge in [-0.05, 0) is 49.2 Å². The van der Waals surface area contributed by atoms with E-state index in [1.807, 2.05) is 36.6 Å². The molecule has 1 atom stereocenters. The Morgan fingerprint density at radius 3 is 2.70 bits per heavy atom. The molecule has 152 valence electrons. The van der Waals surface area contributed by atoms with Crippen molar-refractivity contribution >= 4 is 60.7 Å². The monoisotopic (exact) mass is 501 g/mol. The van der Waals surface area contributed by atoms with Crippen molar-refractivity contribution in [3.8, 4) is 11.1 Å². The van der Waals surface area contributed by atoms with Crippen LogP contribution in [0.3, 0.4) is 0 Å². The lowest BCUT2D eigenvalue weighted by Crippen LogP contribution is -2.31. The Hall–Kier alpha value is -2.48. The molecule has 1 N–H and O–H groups in total. The van der Waals surface area contributed by atoms with Gasteiger partial charge in [-0.1, -0.05) is 45.7 Å². The number of hydrogen-bond acceptors (Lipinski definition) is 4. The van der Waals surface area contributed by atoms with E-state index in [0.717, 1.165) is 21.2 Å². The topological polar surface area (TPSA) is 64.0 Å². The summed E-state index contributed by atoms with van der Waals surface area (Å²) in [4.78, 5) is 31.2. The Balaban J connectivity index is 1.72. The molecule has 0 fully saturated rings. The Labute approximate surface area is 190 Å². The van der Waals surface area contributed by atoms with Crippen LogP contribution in [0.4, 0.5) is 5.69 Å². The number of halogens is 2. The molecule has 1 amide bonds. The van der Waals surface area contributed by atoms with Gasteiger partial charge < -0.3 is 5.32 Å². The second-order valence-electron chi connectivity index (χ2n) is 6.87. The molecule has 0 radical (unpaired) electrons. The number of nitrogens with zero attached hydrogens (tertiary/aromatic N) is 2. The van der Waals surface area contributed by atoms with E-state index in [0.29, 0.717) is 20.9 Å². The largest absolute Gasteiger partial charge is 0.324 e. The van der Waals surface area contributed by atoms with Gasteiger partial charge in [-0.2, -0.15) is 0 Å². The molecule has 0 bridgehead atoms. The minimum atomic E-state index is -0.745. The van der Waals surface area contributed by atoms with E-state index in [9.17, 15) is 9.59 Å². The second-order valence-corrected chi connectivity index (χ2v) is 9.05. The summed E-state index contributed by atoms with van der Waals surface area (Å²) < 4.78 is 2.33. The molecule has 0 aliphatic carbocycles. The van der Waals surface area contributed by atoms with Crippen molar-refractivity contribution in [1.82, 2.24) is 9.55 Å². The smallest absolute Gasteiger partial charge is 0.263 e. The van der Waals surface area contributed by atoms with Crippen molar-refractivity contribution < 1.29 is 4.79 Å². The molecule has 0 spiro atoms. The van der Waals surface area contributed by atoms with Crippen molar-refractivity contribution in [2.45, 2.75) is 19.9 Å². The van der Waals surface area contributed by atoms with E-state index in [4.69, 9.17) is 11.6 Å². The van der Waals surface area contributed by atoms with Crippen LogP contribution in [0.1, 0.15) is 18.5 Å². The van der Waals surface area contributed by atoms with Gasteiger partial charge in [0.15, 0.2) is 0 Å². The summed E-state index contributed by atoms with van der Waals surface area (Å²) >= 11 is 11.0. The molecule has 2 heterocycles. The fourth-order valence-corrected chi connectivity index (χ4v) is 4.52. The third-order valence-electron chi connectivity index (χ3n) is 5.00. The Bertz CT molecular complexity index is 1310. The molecular weight excluding hydrogens is 486 g/mol. The van der Waals surface area contributed by atoms with Gasteiger partial charge in [0.05, 0.1) is 11.7 Å². The van der Waals surface area contributed by atoms with Crippen molar-refractivity contribution in [1.29, 1.82) is 0 Å². The standard InChI is InChI=1S/C22H17BrClN3O2S/c1-12-17(24)4-3-5-18(12)26-20(28)13(2)27-11-25-21-19(22(27)29)16(10-30-21)14-6-8-15(23)9-7-14/h3-11,13H,1-2H3,(H,26,28). The molecule has 0 aliphatic rings. The van der Waals surface area contributed by atoms with E-state index in [-0.39, 0.29) is 11.5 Å². The van der Waals surface area contributed by atoms with Crippen molar-refractivity contribution in [3.63, 3.8) is 0 Å². The van der Waals surface area contributed by atoms with E-state index < -0.39 is 6.04 Å². The van der Waals surface area contributed by atoms with Gasteiger partial charge in [0.1, 0.15) is 10.9 Å². The first-order valence-corrected chi connectivity index (χ1v) is 11.2. The number of carbonyl (C=O) groups is 1. The number of carbonyl (C=O) groups excluding carboxylic acids is 1. The molecule has 0 saturated heterocycles. The Morgan fingerprint density at radius 2 is 1.97 bits per heavy atom. The van der Waals surface area contributed by atoms with E-state index in [1.165, 1.54) is 22.2 Å². The maximum atomic E-state index is 13.3. The second kappa shape index (κ2) is 8.34. The third kappa shape index (κ3) is 3.80. The average Bonchev–Trinajstić information content (AvgIpc) is 3.17. The highest BCUT2D eigenvalue weighted by molar-refractivity contribution is 9.10. The zero-order valence-corrected chi connectivity index (χ0v) is 19.3. The maximum absolute atomic E-state index is 13.3. The number of amides is 1. The molecular formula is C22H17BrClN3O2S. The minimum Gasteiger partial charge on any atom is -0.324 e. The summed E-state index contributed by atoms with van der Waals surface area (Å²) in [7, 11) is 0. The van der Waals surface area contributed by atoms with Gasteiger partial charge >= 0.3 is 0 Å². The van der Waals surface area contributed by atoms with Gasteiger partial charge in [0.2, 0.25) is 5.91 Å². The maximum Gasteiger partial charge on any atom is 0.263 e. The lowest BCUT2D eigenvalue weighted by molar-refractivity contribution is -0.118. The van der Waals surface area contributed by atoms with Gasteiger partial charge in [-0.3, -0.25) is 14.2 Å². The molecule has 4 aromatic rings. The van der Waals surface area contributed by atoms with E-state index >= 15 is 0 Å². The Morgan fingerprint density at radius 1 is 1.23 bits per heavy atom. The zero-order valence-electron chi connectivity index (χ0n) is 16.1. The van der Waals surface area contributed by atoms with Crippen LogP contribution in [0.15, 0.2) is 63.4 Å². The molecule has 5 nitrogen and oxygen atoms in total. The van der Waals surface area contributed by atoms with Crippen molar-refractivity contribution in [2.24, 2.45) is 0 Å². The predicted octanol–water partition coefficient (Wildman–Crippen LogP) is 6.05. The minimum absolute atomic E-state index is 0.246. The number of thiophene rings is 1. The number of nitrogens with one attached hydrogen (secondary N) is 1. The van der Waals surface area contributed by atoms with Gasteiger partial charge in [-0.15, -0.1) is 11.3 Å². The SMILES string of the molecule is Cc1c(Cl)cccc1NC(=O)C(C)n1cnc2scc(-c3ccc(Br)cc3)c2c1=O. The molecule has 1 unspecified atom stereocenters. The van der Waals surface area contributed by atoms with Crippen LogP contribution in [0.2, 0.25) is 5.02 Å². The first-order chi connectivity index (χ1) is 14.4. The fraction of sp³-hybridized carbons (Fsp3) is 0.136. The highest BCUT2D eigenvalue weighted by Gasteiger charge is 2.21. The summed E-state index contributed by atoms with van der Waals surface area (Å²) in [5.41, 5.74) is 2.88. The fourth-order valence-electron chi connectivity index (χ4n) is 3.17. The van der Waals surface area contributed by atoms with Crippen LogP contribution in [0, 0.1) is 6.92 Å². The van der Waals surface area contributed by atoms with E-state index in [1.54, 1.807) is 25.1 Å². The molecule has 2 aromatic heterocycles. The first-order valence-electron chi connectivity index (χ1n) is 9.17. The number of anilines is 1. The summed E-state index contributed by atoms with van der Waals surface area (Å²) in [5, 5.41) is 5.87. The molecule has 0 saturated carbocycles. The number of benzene rings is 2. The zero-order chi connectivity index (χ0) is 21.4. The van der Waals surface area contributed by atoms with Crippen molar-refractivity contribution in [2.75, 3.05) is 5.32 Å². The van der Waals surface area contributed by atoms with Crippen LogP contribution >= 0.6 is 38.9 Å². The lowest BCUT2D eigenvalue weighted by Gasteiger charge is -2.16. The summed E-state index contributed by atoms with van der Waals surface area (Å²) in [6.45, 7) is 3.51. The summed E-state index contributed by atoms with van der Waals surface area (Å²) in [6.07, 6.45) is 1.43. The molecule has 30 heavy (non-hydrogen) atoms. The highest BCUT2D eigenvalue weighted by atomic mass is 79.9. The number of aromatic nitrogens is 2. The van der Waals surface area contributed by atoms with Crippen LogP contribution in [-0.4, -0.2) is 15.5 Å². The number of fused-ring (bicyclic) bond motifs is 1. The molecule has 8 heteroatoms. The van der Waals surface area contributed by atoms with Gasteiger partial charge in [0.25, 0.3) is 5.56 Å². The average molecular weight is 503 g/mol. The van der Waals surface area contributed by atoms with Gasteiger partial charge in [0, 0.05) is 26.1 Å². The summed E-state index contributed by atoms with van der Waals surface area (Å²) in [5.74, 6) is -0.316. The van der Waals surface area contributed by atoms with Crippen LogP contribution in [0.5, 0.6) is 0 Å². The molecule has 2 aromatic carbocycles. The third-order valence-corrected chi connectivity index (χ3v) is 6.82. The van der Waals surface area contributed by atoms with Gasteiger partial charge in [-0.25, -0.2) is 4.98 Å².